The zero-order valence-electron chi connectivity index (χ0n) is 14.9. The van der Waals surface area contributed by atoms with Crippen molar-refractivity contribution in [2.24, 2.45) is 5.10 Å². The molecule has 26 heavy (non-hydrogen) atoms. The Morgan fingerprint density at radius 3 is 2.19 bits per heavy atom. The Kier molecular flexibility index (Phi) is 4.65. The highest BCUT2D eigenvalue weighted by Crippen LogP contribution is 2.36. The molecule has 0 saturated heterocycles. The van der Waals surface area contributed by atoms with Gasteiger partial charge in [0.1, 0.15) is 0 Å². The lowest BCUT2D eigenvalue weighted by molar-refractivity contribution is 0.707. The zero-order chi connectivity index (χ0) is 17.8. The van der Waals surface area contributed by atoms with E-state index >= 15 is 0 Å². The standard InChI is InChI=1S/C24H22N2/c1-19-10-8-9-15-23(19)26-24(21-13-6-3-7-14-21)18-22(25-26)17-16-20-11-4-2-5-12-20/h2-17,24H,18H2,1H3. The number of hydrogen-bond acceptors (Lipinski definition) is 2. The zero-order valence-corrected chi connectivity index (χ0v) is 14.9. The van der Waals surface area contributed by atoms with Crippen LogP contribution in [0.1, 0.15) is 29.2 Å². The van der Waals surface area contributed by atoms with Gasteiger partial charge in [0, 0.05) is 6.42 Å². The third kappa shape index (κ3) is 3.45. The Bertz CT molecular complexity index is 927. The third-order valence-electron chi connectivity index (χ3n) is 4.75. The minimum Gasteiger partial charge on any atom is -0.257 e. The molecule has 0 N–H and O–H groups in total. The molecular weight excluding hydrogens is 316 g/mol. The number of anilines is 1. The second-order valence-electron chi connectivity index (χ2n) is 6.60. The Morgan fingerprint density at radius 2 is 1.46 bits per heavy atom. The van der Waals surface area contributed by atoms with Crippen LogP contribution in [0.25, 0.3) is 6.08 Å². The van der Waals surface area contributed by atoms with Gasteiger partial charge in [0.15, 0.2) is 0 Å². The molecule has 3 aromatic carbocycles. The Labute approximate surface area is 155 Å². The molecule has 3 aromatic rings. The fourth-order valence-corrected chi connectivity index (χ4v) is 3.37. The highest BCUT2D eigenvalue weighted by molar-refractivity contribution is 6.01. The maximum atomic E-state index is 4.96. The molecule has 0 saturated carbocycles. The largest absolute Gasteiger partial charge is 0.257 e. The molecule has 0 aromatic heterocycles. The van der Waals surface area contributed by atoms with E-state index in [1.165, 1.54) is 22.4 Å². The van der Waals surface area contributed by atoms with E-state index < -0.39 is 0 Å². The molecule has 0 spiro atoms. The minimum atomic E-state index is 0.229. The van der Waals surface area contributed by atoms with Gasteiger partial charge in [0.2, 0.25) is 0 Å². The average Bonchev–Trinajstić information content (AvgIpc) is 3.12. The van der Waals surface area contributed by atoms with Crippen LogP contribution in [0.3, 0.4) is 0 Å². The molecule has 1 aliphatic rings. The van der Waals surface area contributed by atoms with Crippen LogP contribution in [0.4, 0.5) is 5.69 Å². The van der Waals surface area contributed by atoms with Crippen LogP contribution in [0, 0.1) is 6.92 Å². The van der Waals surface area contributed by atoms with E-state index in [0.29, 0.717) is 0 Å². The lowest BCUT2D eigenvalue weighted by Gasteiger charge is -2.25. The van der Waals surface area contributed by atoms with Crippen LogP contribution in [-0.4, -0.2) is 5.71 Å². The van der Waals surface area contributed by atoms with E-state index in [9.17, 15) is 0 Å². The number of rotatable bonds is 4. The fourth-order valence-electron chi connectivity index (χ4n) is 3.37. The van der Waals surface area contributed by atoms with Gasteiger partial charge in [-0.25, -0.2) is 0 Å². The maximum Gasteiger partial charge on any atom is 0.0831 e. The Balaban J connectivity index is 1.68. The fraction of sp³-hybridized carbons (Fsp3) is 0.125. The van der Waals surface area contributed by atoms with Gasteiger partial charge in [-0.15, -0.1) is 0 Å². The summed E-state index contributed by atoms with van der Waals surface area (Å²) >= 11 is 0. The second kappa shape index (κ2) is 7.40. The number of hydrogen-bond donors (Lipinski definition) is 0. The SMILES string of the molecule is Cc1ccccc1N1N=C(C=Cc2ccccc2)CC1c1ccccc1. The number of hydrazone groups is 1. The number of aryl methyl sites for hydroxylation is 1. The predicted molar refractivity (Wildman–Crippen MR) is 110 cm³/mol. The van der Waals surface area contributed by atoms with Gasteiger partial charge in [-0.1, -0.05) is 84.9 Å². The van der Waals surface area contributed by atoms with E-state index in [2.05, 4.69) is 103 Å². The molecular formula is C24H22N2. The lowest BCUT2D eigenvalue weighted by Crippen LogP contribution is -2.19. The lowest BCUT2D eigenvalue weighted by atomic mass is 10.0. The number of benzene rings is 3. The monoisotopic (exact) mass is 338 g/mol. The van der Waals surface area contributed by atoms with Crippen molar-refractivity contribution in [3.63, 3.8) is 0 Å². The van der Waals surface area contributed by atoms with E-state index in [1.54, 1.807) is 0 Å². The van der Waals surface area contributed by atoms with Crippen molar-refractivity contribution in [1.29, 1.82) is 0 Å². The van der Waals surface area contributed by atoms with Gasteiger partial charge in [-0.2, -0.15) is 5.10 Å². The van der Waals surface area contributed by atoms with Crippen LogP contribution in [0.5, 0.6) is 0 Å². The molecule has 0 amide bonds. The molecule has 0 aliphatic carbocycles. The molecule has 1 heterocycles. The van der Waals surface area contributed by atoms with Crippen molar-refractivity contribution in [3.05, 3.63) is 108 Å². The van der Waals surface area contributed by atoms with Crippen molar-refractivity contribution in [3.8, 4) is 0 Å². The Hall–Kier alpha value is -3.13. The first-order valence-electron chi connectivity index (χ1n) is 9.02. The van der Waals surface area contributed by atoms with Crippen molar-refractivity contribution < 1.29 is 0 Å². The van der Waals surface area contributed by atoms with Gasteiger partial charge in [-0.05, 0) is 35.8 Å². The van der Waals surface area contributed by atoms with Crippen molar-refractivity contribution in [1.82, 2.24) is 0 Å². The molecule has 1 atom stereocenters. The quantitative estimate of drug-likeness (QED) is 0.568. The smallest absolute Gasteiger partial charge is 0.0831 e. The molecule has 2 nitrogen and oxygen atoms in total. The first kappa shape index (κ1) is 16.3. The van der Waals surface area contributed by atoms with Crippen LogP contribution in [-0.2, 0) is 0 Å². The third-order valence-corrected chi connectivity index (χ3v) is 4.75. The molecule has 4 rings (SSSR count). The molecule has 0 radical (unpaired) electrons. The number of para-hydroxylation sites is 1. The second-order valence-corrected chi connectivity index (χ2v) is 6.60. The summed E-state index contributed by atoms with van der Waals surface area (Å²) in [5.74, 6) is 0. The van der Waals surface area contributed by atoms with E-state index in [-0.39, 0.29) is 6.04 Å². The molecule has 0 bridgehead atoms. The van der Waals surface area contributed by atoms with Crippen LogP contribution in [0.15, 0.2) is 96.1 Å². The van der Waals surface area contributed by atoms with E-state index in [0.717, 1.165) is 12.1 Å². The molecule has 1 unspecified atom stereocenters. The number of nitrogens with zero attached hydrogens (tertiary/aromatic N) is 2. The van der Waals surface area contributed by atoms with E-state index in [4.69, 9.17) is 5.10 Å². The summed E-state index contributed by atoms with van der Waals surface area (Å²) in [6.45, 7) is 2.14. The van der Waals surface area contributed by atoms with E-state index in [1.807, 2.05) is 6.07 Å². The topological polar surface area (TPSA) is 15.6 Å². The minimum absolute atomic E-state index is 0.229. The van der Waals surface area contributed by atoms with Gasteiger partial charge >= 0.3 is 0 Å². The average molecular weight is 338 g/mol. The summed E-state index contributed by atoms with van der Waals surface area (Å²) in [4.78, 5) is 0. The maximum absolute atomic E-state index is 4.96. The highest BCUT2D eigenvalue weighted by atomic mass is 15.5. The molecule has 128 valence electrons. The molecule has 1 aliphatic heterocycles. The van der Waals surface area contributed by atoms with Crippen molar-refractivity contribution in [2.75, 3.05) is 5.01 Å². The molecule has 0 fully saturated rings. The first-order valence-corrected chi connectivity index (χ1v) is 9.02. The summed E-state index contributed by atoms with van der Waals surface area (Å²) in [6, 6.07) is 29.7. The summed E-state index contributed by atoms with van der Waals surface area (Å²) in [7, 11) is 0. The van der Waals surface area contributed by atoms with Crippen LogP contribution < -0.4 is 5.01 Å². The Morgan fingerprint density at radius 1 is 0.808 bits per heavy atom. The summed E-state index contributed by atoms with van der Waals surface area (Å²) in [5, 5.41) is 7.13. The van der Waals surface area contributed by atoms with Gasteiger partial charge < -0.3 is 0 Å². The van der Waals surface area contributed by atoms with Crippen LogP contribution in [0.2, 0.25) is 0 Å². The molecule has 2 heteroatoms. The van der Waals surface area contributed by atoms with Crippen molar-refractivity contribution in [2.45, 2.75) is 19.4 Å². The number of allylic oxidation sites excluding steroid dienone is 1. The van der Waals surface area contributed by atoms with Gasteiger partial charge in [-0.3, -0.25) is 5.01 Å². The predicted octanol–water partition coefficient (Wildman–Crippen LogP) is 6.02. The summed E-state index contributed by atoms with van der Waals surface area (Å²) in [5.41, 5.74) is 6.00. The van der Waals surface area contributed by atoms with Gasteiger partial charge in [0.05, 0.1) is 17.4 Å². The van der Waals surface area contributed by atoms with Crippen LogP contribution >= 0.6 is 0 Å². The normalized spacial score (nSPS) is 16.9. The highest BCUT2D eigenvalue weighted by Gasteiger charge is 2.28. The summed E-state index contributed by atoms with van der Waals surface area (Å²) in [6.07, 6.45) is 5.19. The van der Waals surface area contributed by atoms with Crippen molar-refractivity contribution >= 4 is 17.5 Å². The van der Waals surface area contributed by atoms with Gasteiger partial charge in [0.25, 0.3) is 0 Å². The summed E-state index contributed by atoms with van der Waals surface area (Å²) < 4.78 is 0. The first-order chi connectivity index (χ1) is 12.8.